The molecule has 0 aliphatic carbocycles. The van der Waals surface area contributed by atoms with Crippen molar-refractivity contribution in [2.24, 2.45) is 0 Å². The van der Waals surface area contributed by atoms with E-state index in [0.717, 1.165) is 37.0 Å². The third-order valence-corrected chi connectivity index (χ3v) is 7.85. The topological polar surface area (TPSA) is 84.7 Å². The van der Waals surface area contributed by atoms with E-state index >= 15 is 0 Å². The van der Waals surface area contributed by atoms with Crippen molar-refractivity contribution in [2.45, 2.75) is 6.61 Å². The van der Waals surface area contributed by atoms with Gasteiger partial charge in [-0.2, -0.15) is 0 Å². The second kappa shape index (κ2) is 7.49. The van der Waals surface area contributed by atoms with E-state index in [1.807, 2.05) is 45.7 Å². The fourth-order valence-corrected chi connectivity index (χ4v) is 5.57. The molecule has 0 spiro atoms. The molecule has 30 heavy (non-hydrogen) atoms. The normalized spacial score (nSPS) is 16.5. The first-order valence-corrected chi connectivity index (χ1v) is 11.3. The summed E-state index contributed by atoms with van der Waals surface area (Å²) in [5, 5.41) is 13.4. The fraction of sp³-hybridized carbons (Fsp3) is 0.238. The van der Waals surface area contributed by atoms with Gasteiger partial charge in [-0.25, -0.2) is 9.34 Å². The molecule has 0 aromatic heterocycles. The van der Waals surface area contributed by atoms with Crippen molar-refractivity contribution in [2.75, 3.05) is 26.2 Å². The van der Waals surface area contributed by atoms with Gasteiger partial charge in [0.25, 0.3) is 0 Å². The van der Waals surface area contributed by atoms with Gasteiger partial charge in [-0.15, -0.1) is 0 Å². The van der Waals surface area contributed by atoms with Gasteiger partial charge in [-0.1, -0.05) is 36.4 Å². The van der Waals surface area contributed by atoms with Gasteiger partial charge in [-0.05, 0) is 29.1 Å². The minimum absolute atomic E-state index is 0.0914. The number of nitrogens with zero attached hydrogens (tertiary/aromatic N) is 3. The average Bonchev–Trinajstić information content (AvgIpc) is 3.64. The highest BCUT2D eigenvalue weighted by molar-refractivity contribution is 7.54. The number of ether oxygens (including phenoxy) is 1. The highest BCUT2D eigenvalue weighted by Gasteiger charge is 2.49. The molecule has 2 saturated heterocycles. The molecule has 0 unspecified atom stereocenters. The lowest BCUT2D eigenvalue weighted by Crippen LogP contribution is -2.08. The zero-order valence-corrected chi connectivity index (χ0v) is 17.0. The Balaban J connectivity index is 1.43. The molecule has 0 amide bonds. The predicted octanol–water partition coefficient (Wildman–Crippen LogP) is 4.80. The van der Waals surface area contributed by atoms with E-state index in [0.29, 0.717) is 11.3 Å². The lowest BCUT2D eigenvalue weighted by molar-refractivity contribution is -0.385. The number of nitro groups is 1. The van der Waals surface area contributed by atoms with E-state index in [4.69, 9.17) is 9.26 Å². The first kappa shape index (κ1) is 19.2. The van der Waals surface area contributed by atoms with Crippen molar-refractivity contribution in [3.05, 3.63) is 76.3 Å². The SMILES string of the molecule is O=[N+]([O-])c1ccc(COP(=O)(N2CC2)N2CC2)cc1Oc1cccc2ccccc12. The summed E-state index contributed by atoms with van der Waals surface area (Å²) in [6.07, 6.45) is 0. The van der Waals surface area contributed by atoms with Crippen LogP contribution in [-0.4, -0.2) is 40.4 Å². The van der Waals surface area contributed by atoms with Gasteiger partial charge in [0.2, 0.25) is 5.75 Å². The van der Waals surface area contributed by atoms with Gasteiger partial charge in [0.1, 0.15) is 5.75 Å². The molecule has 0 saturated carbocycles. The predicted molar refractivity (Wildman–Crippen MR) is 113 cm³/mol. The van der Waals surface area contributed by atoms with Crippen molar-refractivity contribution in [1.29, 1.82) is 0 Å². The quantitative estimate of drug-likeness (QED) is 0.222. The summed E-state index contributed by atoms with van der Waals surface area (Å²) in [4.78, 5) is 11.1. The fourth-order valence-electron chi connectivity index (χ4n) is 3.38. The van der Waals surface area contributed by atoms with Gasteiger partial charge < -0.3 is 9.26 Å². The minimum atomic E-state index is -2.96. The zero-order chi connectivity index (χ0) is 20.7. The number of hydrogen-bond donors (Lipinski definition) is 0. The molecule has 8 nitrogen and oxygen atoms in total. The van der Waals surface area contributed by atoms with Gasteiger partial charge in [-0.3, -0.25) is 14.7 Å². The highest BCUT2D eigenvalue weighted by Crippen LogP contribution is 2.61. The van der Waals surface area contributed by atoms with Crippen LogP contribution in [0.15, 0.2) is 60.7 Å². The maximum Gasteiger partial charge on any atom is 0.346 e. The monoisotopic (exact) mass is 425 g/mol. The van der Waals surface area contributed by atoms with E-state index in [1.165, 1.54) is 6.07 Å². The molecule has 3 aromatic carbocycles. The number of nitro benzene ring substituents is 1. The summed E-state index contributed by atoms with van der Waals surface area (Å²) in [5.74, 6) is 0.666. The Bertz CT molecular complexity index is 1160. The number of hydrogen-bond acceptors (Lipinski definition) is 5. The molecule has 2 aliphatic heterocycles. The van der Waals surface area contributed by atoms with Crippen molar-refractivity contribution >= 4 is 24.1 Å². The maximum absolute atomic E-state index is 13.1. The van der Waals surface area contributed by atoms with E-state index in [1.54, 1.807) is 18.2 Å². The van der Waals surface area contributed by atoms with Crippen LogP contribution in [0.1, 0.15) is 5.56 Å². The number of benzene rings is 3. The Kier molecular flexibility index (Phi) is 4.79. The van der Waals surface area contributed by atoms with Crippen LogP contribution in [0, 0.1) is 10.1 Å². The van der Waals surface area contributed by atoms with Gasteiger partial charge >= 0.3 is 13.4 Å². The smallest absolute Gasteiger partial charge is 0.346 e. The van der Waals surface area contributed by atoms with Gasteiger partial charge in [0.15, 0.2) is 0 Å². The third-order valence-electron chi connectivity index (χ3n) is 5.15. The third kappa shape index (κ3) is 3.70. The summed E-state index contributed by atoms with van der Waals surface area (Å²) in [5.41, 5.74) is 0.534. The van der Waals surface area contributed by atoms with E-state index < -0.39 is 12.6 Å². The summed E-state index contributed by atoms with van der Waals surface area (Å²) in [6.45, 7) is 3.16. The standard InChI is InChI=1S/C21H20N3O5P/c25-24(26)19-9-8-16(15-28-30(27,22-10-11-22)23-12-13-23)14-21(19)29-20-7-3-5-17-4-1-2-6-18(17)20/h1-9,14H,10-13,15H2. The van der Waals surface area contributed by atoms with Crippen LogP contribution < -0.4 is 4.74 Å². The van der Waals surface area contributed by atoms with Crippen molar-refractivity contribution in [3.8, 4) is 11.5 Å². The molecular weight excluding hydrogens is 405 g/mol. The molecule has 3 aromatic rings. The van der Waals surface area contributed by atoms with Crippen molar-refractivity contribution in [3.63, 3.8) is 0 Å². The molecule has 2 fully saturated rings. The lowest BCUT2D eigenvalue weighted by Gasteiger charge is -2.20. The van der Waals surface area contributed by atoms with Gasteiger partial charge in [0.05, 0.1) is 11.5 Å². The van der Waals surface area contributed by atoms with Crippen molar-refractivity contribution < 1.29 is 18.7 Å². The van der Waals surface area contributed by atoms with Crippen LogP contribution in [-0.2, 0) is 15.7 Å². The number of rotatable bonds is 8. The molecule has 0 radical (unpaired) electrons. The molecule has 0 atom stereocenters. The lowest BCUT2D eigenvalue weighted by atomic mass is 10.1. The molecule has 2 aliphatic rings. The van der Waals surface area contributed by atoms with E-state index in [9.17, 15) is 14.7 Å². The Morgan fingerprint density at radius 1 is 0.933 bits per heavy atom. The van der Waals surface area contributed by atoms with Crippen LogP contribution in [0.3, 0.4) is 0 Å². The maximum atomic E-state index is 13.1. The Labute approximate surface area is 173 Å². The van der Waals surface area contributed by atoms with E-state index in [-0.39, 0.29) is 18.0 Å². The second-order valence-electron chi connectivity index (χ2n) is 7.31. The zero-order valence-electron chi connectivity index (χ0n) is 16.1. The molecule has 154 valence electrons. The molecule has 0 N–H and O–H groups in total. The van der Waals surface area contributed by atoms with Crippen molar-refractivity contribution in [1.82, 2.24) is 9.34 Å². The first-order chi connectivity index (χ1) is 14.5. The van der Waals surface area contributed by atoms with Crippen LogP contribution in [0.2, 0.25) is 0 Å². The van der Waals surface area contributed by atoms with Crippen LogP contribution >= 0.6 is 7.67 Å². The average molecular weight is 425 g/mol. The largest absolute Gasteiger partial charge is 0.449 e. The molecule has 0 bridgehead atoms. The summed E-state index contributed by atoms with van der Waals surface area (Å²) in [6, 6.07) is 17.9. The van der Waals surface area contributed by atoms with E-state index in [2.05, 4.69) is 0 Å². The van der Waals surface area contributed by atoms with Crippen LogP contribution in [0.5, 0.6) is 11.5 Å². The minimum Gasteiger partial charge on any atom is -0.449 e. The number of fused-ring (bicyclic) bond motifs is 1. The molecular formula is C21H20N3O5P. The Morgan fingerprint density at radius 3 is 2.33 bits per heavy atom. The molecule has 9 heteroatoms. The summed E-state index contributed by atoms with van der Waals surface area (Å²) < 4.78 is 28.6. The first-order valence-electron chi connectivity index (χ1n) is 9.73. The Hall–Kier alpha value is -2.77. The Morgan fingerprint density at radius 2 is 1.63 bits per heavy atom. The molecule has 2 heterocycles. The second-order valence-corrected chi connectivity index (χ2v) is 9.68. The van der Waals surface area contributed by atoms with Crippen LogP contribution in [0.4, 0.5) is 5.69 Å². The summed E-state index contributed by atoms with van der Waals surface area (Å²) >= 11 is 0. The van der Waals surface area contributed by atoms with Crippen LogP contribution in [0.25, 0.3) is 10.8 Å². The molecule has 5 rings (SSSR count). The summed E-state index contributed by atoms with van der Waals surface area (Å²) in [7, 11) is -2.96. The highest BCUT2D eigenvalue weighted by atomic mass is 31.2. The van der Waals surface area contributed by atoms with Gasteiger partial charge in [0, 0.05) is 37.6 Å².